The molecule has 4 aromatic rings. The minimum absolute atomic E-state index is 0.0224. The zero-order chi connectivity index (χ0) is 46.9. The third-order valence-electron chi connectivity index (χ3n) is 15.0. The molecule has 0 aromatic carbocycles. The van der Waals surface area contributed by atoms with E-state index in [1.54, 1.807) is 11.3 Å². The number of Topliss-reactive ketones (excluding diaryl/α,β-unsaturated/α-hetero) is 1. The zero-order valence-electron chi connectivity index (χ0n) is 42.9. The van der Waals surface area contributed by atoms with Crippen LogP contribution in [0.4, 0.5) is 0 Å². The van der Waals surface area contributed by atoms with Gasteiger partial charge in [-0.05, 0) is 70.8 Å². The van der Waals surface area contributed by atoms with Crippen LogP contribution in [-0.4, -0.2) is 19.0 Å². The van der Waals surface area contributed by atoms with E-state index >= 15 is 0 Å². The molecule has 1 saturated heterocycles. The van der Waals surface area contributed by atoms with Crippen LogP contribution < -0.4 is 0 Å². The summed E-state index contributed by atoms with van der Waals surface area (Å²) in [5.41, 5.74) is 4.66. The first kappa shape index (κ1) is 54.7. The monoisotopic (exact) mass is 989 g/mol. The largest absolute Gasteiger partial charge is 0.337 e. The highest BCUT2D eigenvalue weighted by atomic mass is 32.1. The lowest BCUT2D eigenvalue weighted by molar-refractivity contribution is -0.126. The predicted molar refractivity (Wildman–Crippen MR) is 297 cm³/mol. The molecule has 374 valence electrons. The quantitative estimate of drug-likeness (QED) is 0.0420. The smallest absolute Gasteiger partial charge is 0.262 e. The Kier molecular flexibility index (Phi) is 25.3. The summed E-state index contributed by atoms with van der Waals surface area (Å²) in [4.78, 5) is 21.9. The number of hydrogen-bond acceptors (Lipinski definition) is 7. The molecule has 67 heavy (non-hydrogen) atoms. The number of rotatable bonds is 38. The van der Waals surface area contributed by atoms with Gasteiger partial charge in [0.1, 0.15) is 0 Å². The standard InChI is InChI=1S/C60H92O3S4/c1-5-9-13-17-21-23-27-31-35-47(33-29-25-19-15-11-7-3)39-49-41-53(64-45-49)55-43-51-57(66-55)58-52(60(59(51)61)62-37-38-63-60)44-56(67-58)54-42-50(46-65-54)40-48(34-30-26-20-16-12-8-4)36-32-28-24-22-18-14-10-6-2/h41-48H,5-40H2,1-4H3. The van der Waals surface area contributed by atoms with E-state index in [1.165, 1.54) is 249 Å². The van der Waals surface area contributed by atoms with Crippen LogP contribution in [0.3, 0.4) is 0 Å². The van der Waals surface area contributed by atoms with Gasteiger partial charge >= 0.3 is 0 Å². The van der Waals surface area contributed by atoms with Crippen molar-refractivity contribution in [1.82, 2.24) is 0 Å². The molecule has 0 amide bonds. The summed E-state index contributed by atoms with van der Waals surface area (Å²) in [7, 11) is 0. The van der Waals surface area contributed by atoms with Crippen LogP contribution in [0.1, 0.15) is 260 Å². The van der Waals surface area contributed by atoms with Crippen LogP contribution in [0.5, 0.6) is 0 Å². The van der Waals surface area contributed by atoms with Crippen LogP contribution >= 0.6 is 45.3 Å². The molecule has 5 heterocycles. The van der Waals surface area contributed by atoms with Crippen molar-refractivity contribution in [3.63, 3.8) is 0 Å². The van der Waals surface area contributed by atoms with E-state index in [1.807, 2.05) is 34.0 Å². The molecule has 4 aromatic heterocycles. The van der Waals surface area contributed by atoms with E-state index in [-0.39, 0.29) is 5.78 Å². The number of thiophene rings is 4. The third kappa shape index (κ3) is 17.0. The Morgan fingerprint density at radius 2 is 0.806 bits per heavy atom. The van der Waals surface area contributed by atoms with E-state index in [2.05, 4.69) is 62.7 Å². The lowest BCUT2D eigenvalue weighted by Gasteiger charge is -2.29. The fourth-order valence-electron chi connectivity index (χ4n) is 10.9. The number of ether oxygens (including phenoxy) is 2. The Morgan fingerprint density at radius 1 is 0.448 bits per heavy atom. The Hall–Kier alpha value is -1.61. The van der Waals surface area contributed by atoms with Crippen LogP contribution in [0.15, 0.2) is 35.0 Å². The van der Waals surface area contributed by atoms with Crippen LogP contribution in [-0.2, 0) is 28.1 Å². The number of carbonyl (C=O) groups is 1. The minimum Gasteiger partial charge on any atom is -0.337 e. The Bertz CT molecular complexity index is 1940. The van der Waals surface area contributed by atoms with Crippen molar-refractivity contribution < 1.29 is 14.3 Å². The summed E-state index contributed by atoms with van der Waals surface area (Å²) in [6.45, 7) is 10.1. The molecule has 1 fully saturated rings. The molecule has 1 spiro atoms. The molecule has 1 aliphatic carbocycles. The average Bonchev–Trinajstić information content (AvgIpc) is 4.20. The van der Waals surface area contributed by atoms with Crippen LogP contribution in [0, 0.1) is 11.8 Å². The molecule has 0 N–H and O–H groups in total. The topological polar surface area (TPSA) is 35.5 Å². The zero-order valence-corrected chi connectivity index (χ0v) is 46.2. The number of carbonyl (C=O) groups excluding carboxylic acids is 1. The molecule has 3 nitrogen and oxygen atoms in total. The highest BCUT2D eigenvalue weighted by Gasteiger charge is 2.53. The lowest BCUT2D eigenvalue weighted by Crippen LogP contribution is -2.39. The van der Waals surface area contributed by atoms with Crippen LogP contribution in [0.25, 0.3) is 29.3 Å². The lowest BCUT2D eigenvalue weighted by atomic mass is 9.89. The van der Waals surface area contributed by atoms with Gasteiger partial charge in [-0.3, -0.25) is 4.79 Å². The van der Waals surface area contributed by atoms with E-state index in [0.29, 0.717) is 13.2 Å². The molecule has 2 unspecified atom stereocenters. The van der Waals surface area contributed by atoms with Crippen molar-refractivity contribution in [2.75, 3.05) is 13.2 Å². The molecular formula is C60H92O3S4. The Labute approximate surface area is 426 Å². The van der Waals surface area contributed by atoms with Crippen molar-refractivity contribution in [3.8, 4) is 29.3 Å². The minimum atomic E-state index is -1.33. The van der Waals surface area contributed by atoms with Crippen molar-refractivity contribution in [2.45, 2.75) is 252 Å². The highest BCUT2D eigenvalue weighted by molar-refractivity contribution is 7.28. The summed E-state index contributed by atoms with van der Waals surface area (Å²) in [5, 5.41) is 4.84. The summed E-state index contributed by atoms with van der Waals surface area (Å²) < 4.78 is 12.7. The molecule has 2 aliphatic rings. The number of unbranched alkanes of at least 4 members (excludes halogenated alkanes) is 24. The summed E-state index contributed by atoms with van der Waals surface area (Å²) >= 11 is 7.38. The predicted octanol–water partition coefficient (Wildman–Crippen LogP) is 21.2. The second-order valence-corrected chi connectivity index (χ2v) is 24.7. The molecule has 0 saturated carbocycles. The van der Waals surface area contributed by atoms with Gasteiger partial charge in [0.25, 0.3) is 5.79 Å². The summed E-state index contributed by atoms with van der Waals surface area (Å²) in [6.07, 6.45) is 46.4. The maximum Gasteiger partial charge on any atom is 0.262 e. The number of fused-ring (bicyclic) bond motifs is 4. The molecule has 2 atom stereocenters. The first-order valence-electron chi connectivity index (χ1n) is 28.3. The fraction of sp³-hybridized carbons (Fsp3) is 0.717. The second kappa shape index (κ2) is 31.0. The van der Waals surface area contributed by atoms with E-state index in [0.717, 1.165) is 32.7 Å². The SMILES string of the molecule is CCCCCCCCCCC(CCCCCCCC)Cc1csc(-c2cc3c(s2)-c2sc(-c4cc(CC(CCCCCCCC)CCCCCCCCCC)cs4)cc2C2(OCCO2)C3=O)c1. The van der Waals surface area contributed by atoms with E-state index < -0.39 is 5.79 Å². The van der Waals surface area contributed by atoms with Gasteiger partial charge in [-0.2, -0.15) is 0 Å². The summed E-state index contributed by atoms with van der Waals surface area (Å²) in [6, 6.07) is 9.34. The van der Waals surface area contributed by atoms with Gasteiger partial charge in [0.2, 0.25) is 5.78 Å². The van der Waals surface area contributed by atoms with Gasteiger partial charge in [-0.15, -0.1) is 45.3 Å². The van der Waals surface area contributed by atoms with E-state index in [9.17, 15) is 4.79 Å². The third-order valence-corrected chi connectivity index (χ3v) is 19.8. The molecule has 7 heteroatoms. The van der Waals surface area contributed by atoms with Crippen LogP contribution in [0.2, 0.25) is 0 Å². The average molecular weight is 990 g/mol. The molecular weight excluding hydrogens is 897 g/mol. The maximum absolute atomic E-state index is 14.6. The van der Waals surface area contributed by atoms with Crippen molar-refractivity contribution >= 4 is 51.1 Å². The first-order valence-corrected chi connectivity index (χ1v) is 31.6. The van der Waals surface area contributed by atoms with Crippen molar-refractivity contribution in [3.05, 3.63) is 57.3 Å². The highest BCUT2D eigenvalue weighted by Crippen LogP contribution is 2.56. The van der Waals surface area contributed by atoms with Gasteiger partial charge in [-0.1, -0.05) is 233 Å². The van der Waals surface area contributed by atoms with Gasteiger partial charge in [-0.25, -0.2) is 0 Å². The summed E-state index contributed by atoms with van der Waals surface area (Å²) in [5.74, 6) is 0.172. The van der Waals surface area contributed by atoms with Gasteiger partial charge in [0, 0.05) is 30.6 Å². The second-order valence-electron chi connectivity index (χ2n) is 20.8. The fourth-order valence-corrected chi connectivity index (χ4v) is 15.5. The van der Waals surface area contributed by atoms with Gasteiger partial charge in [0.15, 0.2) is 0 Å². The Morgan fingerprint density at radius 3 is 1.21 bits per heavy atom. The maximum atomic E-state index is 14.6. The molecule has 1 aliphatic heterocycles. The number of ketones is 1. The van der Waals surface area contributed by atoms with E-state index in [4.69, 9.17) is 9.47 Å². The van der Waals surface area contributed by atoms with Gasteiger partial charge in [0.05, 0.1) is 23.0 Å². The van der Waals surface area contributed by atoms with Crippen molar-refractivity contribution in [2.24, 2.45) is 11.8 Å². The van der Waals surface area contributed by atoms with Gasteiger partial charge < -0.3 is 9.47 Å². The molecule has 0 radical (unpaired) electrons. The first-order chi connectivity index (χ1) is 33.0. The molecule has 6 rings (SSSR count). The normalized spacial score (nSPS) is 15.2. The Balaban J connectivity index is 1.13. The molecule has 0 bridgehead atoms. The van der Waals surface area contributed by atoms with Crippen molar-refractivity contribution in [1.29, 1.82) is 0 Å². The number of hydrogen-bond donors (Lipinski definition) is 0.